The molecule has 1 saturated heterocycles. The van der Waals surface area contributed by atoms with Crippen molar-refractivity contribution in [2.75, 3.05) is 45.1 Å². The largest absolute Gasteiger partial charge is 0.441 e. The summed E-state index contributed by atoms with van der Waals surface area (Å²) in [6.45, 7) is 6.03. The summed E-state index contributed by atoms with van der Waals surface area (Å²) in [7, 11) is 0. The molecule has 102 valence electrons. The molecule has 0 saturated carbocycles. The maximum Gasteiger partial charge on any atom is 0.441 e. The highest BCUT2D eigenvalue weighted by Gasteiger charge is 2.29. The number of nitrogens with one attached hydrogen (secondary N) is 1. The van der Waals surface area contributed by atoms with Crippen molar-refractivity contribution in [3.63, 3.8) is 0 Å². The van der Waals surface area contributed by atoms with Crippen molar-refractivity contribution in [3.8, 4) is 0 Å². The lowest BCUT2D eigenvalue weighted by Gasteiger charge is -2.35. The quantitative estimate of drug-likeness (QED) is 0.793. The van der Waals surface area contributed by atoms with E-state index in [1.807, 2.05) is 6.92 Å². The van der Waals surface area contributed by atoms with E-state index in [0.717, 1.165) is 13.1 Å². The van der Waals surface area contributed by atoms with Crippen LogP contribution in [0.15, 0.2) is 0 Å². The van der Waals surface area contributed by atoms with E-state index in [1.165, 1.54) is 0 Å². The van der Waals surface area contributed by atoms with E-state index in [2.05, 4.69) is 10.2 Å². The minimum atomic E-state index is -4.12. The van der Waals surface area contributed by atoms with Crippen molar-refractivity contribution >= 4 is 11.8 Å². The van der Waals surface area contributed by atoms with Gasteiger partial charge in [0.15, 0.2) is 0 Å². The molecule has 1 aliphatic heterocycles. The predicted octanol–water partition coefficient (Wildman–Crippen LogP) is 1.55. The summed E-state index contributed by atoms with van der Waals surface area (Å²) < 4.78 is 41.4. The second-order valence-corrected chi connectivity index (χ2v) is 5.03. The third-order valence-corrected chi connectivity index (χ3v) is 3.34. The fourth-order valence-corrected chi connectivity index (χ4v) is 2.32. The second kappa shape index (κ2) is 7.45. The van der Waals surface area contributed by atoms with E-state index in [1.54, 1.807) is 0 Å². The van der Waals surface area contributed by atoms with E-state index < -0.39 is 5.51 Å². The molecule has 0 aliphatic carbocycles. The van der Waals surface area contributed by atoms with Crippen LogP contribution in [0.25, 0.3) is 0 Å². The van der Waals surface area contributed by atoms with Gasteiger partial charge in [0.25, 0.3) is 0 Å². The van der Waals surface area contributed by atoms with Crippen LogP contribution >= 0.6 is 11.8 Å². The lowest BCUT2D eigenvalue weighted by atomic mass is 10.2. The number of thioether (sulfide) groups is 1. The van der Waals surface area contributed by atoms with Crippen molar-refractivity contribution in [1.29, 1.82) is 0 Å². The summed E-state index contributed by atoms with van der Waals surface area (Å²) in [6.07, 6.45) is 0. The van der Waals surface area contributed by atoms with Gasteiger partial charge >= 0.3 is 5.51 Å². The van der Waals surface area contributed by atoms with Gasteiger partial charge in [-0.1, -0.05) is 6.92 Å². The first kappa shape index (κ1) is 15.1. The SMILES string of the molecule is CCNCC1COCCN1CCSC(F)(F)F. The van der Waals surface area contributed by atoms with E-state index in [9.17, 15) is 13.2 Å². The van der Waals surface area contributed by atoms with Gasteiger partial charge in [-0.25, -0.2) is 0 Å². The summed E-state index contributed by atoms with van der Waals surface area (Å²) in [5.41, 5.74) is -4.12. The maximum atomic E-state index is 12.0. The zero-order valence-electron chi connectivity index (χ0n) is 9.92. The minimum Gasteiger partial charge on any atom is -0.378 e. The average Bonchev–Trinajstić information content (AvgIpc) is 2.26. The number of ether oxygens (including phenoxy) is 1. The Kier molecular flexibility index (Phi) is 6.61. The maximum absolute atomic E-state index is 12.0. The van der Waals surface area contributed by atoms with Gasteiger partial charge in [0.1, 0.15) is 0 Å². The average molecular weight is 272 g/mol. The first-order chi connectivity index (χ1) is 8.03. The lowest BCUT2D eigenvalue weighted by Crippen LogP contribution is -2.51. The molecule has 0 aromatic carbocycles. The van der Waals surface area contributed by atoms with Crippen molar-refractivity contribution in [3.05, 3.63) is 0 Å². The van der Waals surface area contributed by atoms with Gasteiger partial charge < -0.3 is 10.1 Å². The van der Waals surface area contributed by atoms with Crippen LogP contribution in [0.5, 0.6) is 0 Å². The van der Waals surface area contributed by atoms with Crippen LogP contribution in [-0.4, -0.2) is 61.6 Å². The highest BCUT2D eigenvalue weighted by Crippen LogP contribution is 2.30. The number of rotatable bonds is 6. The van der Waals surface area contributed by atoms with Gasteiger partial charge in [-0.2, -0.15) is 13.2 Å². The van der Waals surface area contributed by atoms with Crippen LogP contribution in [0, 0.1) is 0 Å². The number of morpholine rings is 1. The normalized spacial score (nSPS) is 22.9. The molecule has 17 heavy (non-hydrogen) atoms. The molecule has 0 spiro atoms. The Morgan fingerprint density at radius 1 is 1.47 bits per heavy atom. The molecular formula is C10H19F3N2OS. The fraction of sp³-hybridized carbons (Fsp3) is 1.00. The van der Waals surface area contributed by atoms with Crippen molar-refractivity contribution < 1.29 is 17.9 Å². The first-order valence-corrected chi connectivity index (χ1v) is 6.74. The molecule has 7 heteroatoms. The number of likely N-dealkylation sites (N-methyl/N-ethyl adjacent to an activating group) is 1. The van der Waals surface area contributed by atoms with Crippen LogP contribution < -0.4 is 5.32 Å². The molecule has 3 nitrogen and oxygen atoms in total. The fourth-order valence-electron chi connectivity index (χ4n) is 1.76. The Hall–Kier alpha value is 0.0200. The number of alkyl halides is 3. The molecule has 1 unspecified atom stereocenters. The number of hydrogen-bond donors (Lipinski definition) is 1. The number of nitrogens with zero attached hydrogens (tertiary/aromatic N) is 1. The van der Waals surface area contributed by atoms with Gasteiger partial charge in [-0.05, 0) is 18.3 Å². The molecule has 0 bridgehead atoms. The number of hydrogen-bond acceptors (Lipinski definition) is 4. The Labute approximate surface area is 104 Å². The smallest absolute Gasteiger partial charge is 0.378 e. The monoisotopic (exact) mass is 272 g/mol. The molecule has 1 aliphatic rings. The van der Waals surface area contributed by atoms with E-state index in [4.69, 9.17) is 4.74 Å². The molecule has 1 fully saturated rings. The summed E-state index contributed by atoms with van der Waals surface area (Å²) in [6, 6.07) is 0.192. The van der Waals surface area contributed by atoms with E-state index >= 15 is 0 Å². The van der Waals surface area contributed by atoms with Crippen molar-refractivity contribution in [2.45, 2.75) is 18.5 Å². The molecule has 0 aromatic heterocycles. The van der Waals surface area contributed by atoms with Gasteiger partial charge in [0.2, 0.25) is 0 Å². The van der Waals surface area contributed by atoms with Crippen LogP contribution in [0.3, 0.4) is 0 Å². The van der Waals surface area contributed by atoms with Gasteiger partial charge in [0, 0.05) is 31.4 Å². The lowest BCUT2D eigenvalue weighted by molar-refractivity contribution is -0.0334. The Morgan fingerprint density at radius 2 is 2.24 bits per heavy atom. The summed E-state index contributed by atoms with van der Waals surface area (Å²) in [5, 5.41) is 3.20. The number of halogens is 3. The van der Waals surface area contributed by atoms with Gasteiger partial charge in [-0.3, -0.25) is 4.90 Å². The first-order valence-electron chi connectivity index (χ1n) is 5.76. The predicted molar refractivity (Wildman–Crippen MR) is 63.2 cm³/mol. The van der Waals surface area contributed by atoms with E-state index in [-0.39, 0.29) is 23.6 Å². The molecule has 1 rings (SSSR count). The third kappa shape index (κ3) is 6.49. The zero-order chi connectivity index (χ0) is 12.7. The van der Waals surface area contributed by atoms with Crippen LogP contribution in [0.2, 0.25) is 0 Å². The molecule has 0 aromatic rings. The Morgan fingerprint density at radius 3 is 2.88 bits per heavy atom. The highest BCUT2D eigenvalue weighted by molar-refractivity contribution is 8.00. The molecule has 1 N–H and O–H groups in total. The summed E-state index contributed by atoms with van der Waals surface area (Å²) in [5.74, 6) is 0.0894. The molecule has 1 atom stereocenters. The van der Waals surface area contributed by atoms with Gasteiger partial charge in [0.05, 0.1) is 13.2 Å². The Balaban J connectivity index is 2.27. The molecular weight excluding hydrogens is 253 g/mol. The van der Waals surface area contributed by atoms with Crippen molar-refractivity contribution in [1.82, 2.24) is 10.2 Å². The van der Waals surface area contributed by atoms with Gasteiger partial charge in [-0.15, -0.1) is 0 Å². The van der Waals surface area contributed by atoms with Crippen LogP contribution in [0.4, 0.5) is 13.2 Å². The van der Waals surface area contributed by atoms with E-state index in [0.29, 0.717) is 26.3 Å². The topological polar surface area (TPSA) is 24.5 Å². The van der Waals surface area contributed by atoms with Crippen molar-refractivity contribution in [2.24, 2.45) is 0 Å². The molecule has 0 radical (unpaired) electrons. The minimum absolute atomic E-state index is 0.0502. The highest BCUT2D eigenvalue weighted by atomic mass is 32.2. The second-order valence-electron chi connectivity index (χ2n) is 3.87. The molecule has 0 amide bonds. The Bertz CT molecular complexity index is 216. The standard InChI is InChI=1S/C10H19F3N2OS/c1-2-14-7-9-8-16-5-3-15(9)4-6-17-10(11,12)13/h9,14H,2-8H2,1H3. The zero-order valence-corrected chi connectivity index (χ0v) is 10.7. The van der Waals surface area contributed by atoms with Crippen LogP contribution in [0.1, 0.15) is 6.92 Å². The summed E-state index contributed by atoms with van der Waals surface area (Å²) >= 11 is 0.0502. The third-order valence-electron chi connectivity index (χ3n) is 2.62. The summed E-state index contributed by atoms with van der Waals surface area (Å²) in [4.78, 5) is 2.07. The van der Waals surface area contributed by atoms with Crippen LogP contribution in [-0.2, 0) is 4.74 Å². The molecule has 1 heterocycles.